The molecule has 2 aromatic rings. The summed E-state index contributed by atoms with van der Waals surface area (Å²) in [6.07, 6.45) is 1.31. The molecule has 0 unspecified atom stereocenters. The predicted molar refractivity (Wildman–Crippen MR) is 98.4 cm³/mol. The van der Waals surface area contributed by atoms with E-state index in [2.05, 4.69) is 4.90 Å². The molecular formula is C18H20Cl2N2O. The molecule has 0 radical (unpaired) electrons. The van der Waals surface area contributed by atoms with Crippen LogP contribution in [0.1, 0.15) is 23.2 Å². The van der Waals surface area contributed by atoms with Gasteiger partial charge >= 0.3 is 0 Å². The molecule has 5 heteroatoms. The van der Waals surface area contributed by atoms with Crippen molar-refractivity contribution < 1.29 is 4.79 Å². The second-order valence-electron chi connectivity index (χ2n) is 5.76. The number of hydrogen-bond acceptors (Lipinski definition) is 3. The molecule has 122 valence electrons. The number of halogens is 2. The fraction of sp³-hybridized carbons (Fsp3) is 0.278. The van der Waals surface area contributed by atoms with Crippen molar-refractivity contribution in [1.29, 1.82) is 0 Å². The number of carbonyl (C=O) groups excluding carboxylic acids is 1. The van der Waals surface area contributed by atoms with Crippen LogP contribution in [0.3, 0.4) is 0 Å². The molecule has 0 saturated carbocycles. The third-order valence-electron chi connectivity index (χ3n) is 3.60. The van der Waals surface area contributed by atoms with E-state index in [9.17, 15) is 4.79 Å². The maximum Gasteiger partial charge on any atom is 0.164 e. The first-order valence-electron chi connectivity index (χ1n) is 7.41. The van der Waals surface area contributed by atoms with E-state index >= 15 is 0 Å². The summed E-state index contributed by atoms with van der Waals surface area (Å²) < 4.78 is 0. The third-order valence-corrected chi connectivity index (χ3v) is 4.15. The van der Waals surface area contributed by atoms with Gasteiger partial charge in [-0.2, -0.15) is 0 Å². The highest BCUT2D eigenvalue weighted by Crippen LogP contribution is 2.32. The van der Waals surface area contributed by atoms with E-state index in [1.165, 1.54) is 0 Å². The van der Waals surface area contributed by atoms with Crippen molar-refractivity contribution in [2.24, 2.45) is 0 Å². The van der Waals surface area contributed by atoms with Gasteiger partial charge in [0.05, 0.1) is 0 Å². The molecular weight excluding hydrogens is 331 g/mol. The van der Waals surface area contributed by atoms with Crippen molar-refractivity contribution in [3.8, 4) is 11.1 Å². The fourth-order valence-corrected chi connectivity index (χ4v) is 2.92. The predicted octanol–water partition coefficient (Wildman–Crippen LogP) is 4.77. The minimum Gasteiger partial charge on any atom is -0.398 e. The van der Waals surface area contributed by atoms with Crippen molar-refractivity contribution in [3.63, 3.8) is 0 Å². The Balaban J connectivity index is 2.19. The number of ketones is 1. The van der Waals surface area contributed by atoms with Crippen LogP contribution in [0, 0.1) is 0 Å². The van der Waals surface area contributed by atoms with E-state index in [-0.39, 0.29) is 5.78 Å². The van der Waals surface area contributed by atoms with Crippen LogP contribution in [0.2, 0.25) is 10.0 Å². The molecule has 0 saturated heterocycles. The molecule has 0 atom stereocenters. The topological polar surface area (TPSA) is 46.3 Å². The molecule has 2 aromatic carbocycles. The summed E-state index contributed by atoms with van der Waals surface area (Å²) >= 11 is 12.1. The Morgan fingerprint density at radius 2 is 1.87 bits per heavy atom. The molecule has 2 N–H and O–H groups in total. The van der Waals surface area contributed by atoms with E-state index in [0.29, 0.717) is 27.7 Å². The van der Waals surface area contributed by atoms with Crippen LogP contribution < -0.4 is 5.73 Å². The monoisotopic (exact) mass is 350 g/mol. The number of hydrogen-bond donors (Lipinski definition) is 1. The van der Waals surface area contributed by atoms with E-state index in [4.69, 9.17) is 28.9 Å². The molecule has 0 aromatic heterocycles. The zero-order valence-electron chi connectivity index (χ0n) is 13.3. The van der Waals surface area contributed by atoms with Crippen LogP contribution in [0.4, 0.5) is 5.69 Å². The lowest BCUT2D eigenvalue weighted by atomic mass is 9.99. The summed E-state index contributed by atoms with van der Waals surface area (Å²) in [6, 6.07) is 10.7. The van der Waals surface area contributed by atoms with E-state index in [1.54, 1.807) is 24.3 Å². The van der Waals surface area contributed by atoms with Gasteiger partial charge in [0, 0.05) is 33.3 Å². The Kier molecular flexibility index (Phi) is 6.05. The Hall–Kier alpha value is -1.55. The molecule has 0 fully saturated rings. The van der Waals surface area contributed by atoms with Crippen molar-refractivity contribution in [3.05, 3.63) is 52.0 Å². The number of nitrogens with two attached hydrogens (primary N) is 1. The molecule has 0 bridgehead atoms. The summed E-state index contributed by atoms with van der Waals surface area (Å²) in [5.74, 6) is 0.0677. The molecule has 0 aliphatic rings. The minimum absolute atomic E-state index is 0.0677. The van der Waals surface area contributed by atoms with Crippen molar-refractivity contribution in [2.45, 2.75) is 12.8 Å². The van der Waals surface area contributed by atoms with Gasteiger partial charge in [0.25, 0.3) is 0 Å². The summed E-state index contributed by atoms with van der Waals surface area (Å²) in [5, 5.41) is 1.14. The number of benzene rings is 2. The molecule has 0 aliphatic carbocycles. The van der Waals surface area contributed by atoms with Crippen molar-refractivity contribution in [1.82, 2.24) is 4.90 Å². The Labute approximate surface area is 147 Å². The first-order chi connectivity index (χ1) is 10.9. The van der Waals surface area contributed by atoms with Gasteiger partial charge in [-0.15, -0.1) is 0 Å². The minimum atomic E-state index is 0.0677. The van der Waals surface area contributed by atoms with Crippen LogP contribution >= 0.6 is 23.2 Å². The number of Topliss-reactive ketones (excluding diaryl/α,β-unsaturated/α-hetero) is 1. The quantitative estimate of drug-likeness (QED) is 0.602. The number of nitrogen functional groups attached to an aromatic ring is 1. The van der Waals surface area contributed by atoms with Crippen molar-refractivity contribution >= 4 is 34.7 Å². The standard InChI is InChI=1S/C18H20Cl2N2O/c1-22(2)9-3-4-18(23)15-7-5-12(10-17(15)21)14-8-6-13(19)11-16(14)20/h5-8,10-11H,3-4,9,21H2,1-2H3. The zero-order chi connectivity index (χ0) is 17.0. The lowest BCUT2D eigenvalue weighted by molar-refractivity contribution is 0.0978. The Morgan fingerprint density at radius 1 is 1.13 bits per heavy atom. The summed E-state index contributed by atoms with van der Waals surface area (Å²) in [7, 11) is 3.98. The summed E-state index contributed by atoms with van der Waals surface area (Å²) in [4.78, 5) is 14.3. The number of anilines is 1. The lowest BCUT2D eigenvalue weighted by Crippen LogP contribution is -2.14. The average Bonchev–Trinajstić information content (AvgIpc) is 2.46. The first kappa shape index (κ1) is 17.8. The molecule has 0 heterocycles. The van der Waals surface area contributed by atoms with Gasteiger partial charge in [-0.05, 0) is 56.9 Å². The molecule has 0 aliphatic heterocycles. The fourth-order valence-electron chi connectivity index (χ4n) is 2.40. The van der Waals surface area contributed by atoms with Gasteiger partial charge in [0.15, 0.2) is 5.78 Å². The Bertz CT molecular complexity index is 714. The second-order valence-corrected chi connectivity index (χ2v) is 6.60. The summed E-state index contributed by atoms with van der Waals surface area (Å²) in [6.45, 7) is 0.879. The SMILES string of the molecule is CN(C)CCCC(=O)c1ccc(-c2ccc(Cl)cc2Cl)cc1N. The number of carbonyl (C=O) groups is 1. The van der Waals surface area contributed by atoms with Gasteiger partial charge in [-0.25, -0.2) is 0 Å². The van der Waals surface area contributed by atoms with Crippen LogP contribution in [0.5, 0.6) is 0 Å². The summed E-state index contributed by atoms with van der Waals surface area (Å²) in [5.41, 5.74) is 8.82. The smallest absolute Gasteiger partial charge is 0.164 e. The maximum absolute atomic E-state index is 12.3. The van der Waals surface area contributed by atoms with Crippen molar-refractivity contribution in [2.75, 3.05) is 26.4 Å². The van der Waals surface area contributed by atoms with Gasteiger partial charge < -0.3 is 10.6 Å². The second kappa shape index (κ2) is 7.82. The molecule has 0 amide bonds. The number of nitrogens with zero attached hydrogens (tertiary/aromatic N) is 1. The van der Waals surface area contributed by atoms with Crippen LogP contribution in [-0.4, -0.2) is 31.3 Å². The van der Waals surface area contributed by atoms with E-state index in [0.717, 1.165) is 24.1 Å². The van der Waals surface area contributed by atoms with Crippen LogP contribution in [0.15, 0.2) is 36.4 Å². The number of rotatable bonds is 6. The Morgan fingerprint density at radius 3 is 2.48 bits per heavy atom. The highest BCUT2D eigenvalue weighted by Gasteiger charge is 2.12. The van der Waals surface area contributed by atoms with Gasteiger partial charge in [-0.1, -0.05) is 35.3 Å². The highest BCUT2D eigenvalue weighted by molar-refractivity contribution is 6.36. The molecule has 2 rings (SSSR count). The van der Waals surface area contributed by atoms with E-state index in [1.807, 2.05) is 26.2 Å². The lowest BCUT2D eigenvalue weighted by Gasteiger charge is -2.11. The van der Waals surface area contributed by atoms with E-state index < -0.39 is 0 Å². The van der Waals surface area contributed by atoms with Crippen LogP contribution in [-0.2, 0) is 0 Å². The first-order valence-corrected chi connectivity index (χ1v) is 8.17. The molecule has 3 nitrogen and oxygen atoms in total. The highest BCUT2D eigenvalue weighted by atomic mass is 35.5. The van der Waals surface area contributed by atoms with Gasteiger partial charge in [0.1, 0.15) is 0 Å². The normalized spacial score (nSPS) is 11.0. The largest absolute Gasteiger partial charge is 0.398 e. The molecule has 23 heavy (non-hydrogen) atoms. The zero-order valence-corrected chi connectivity index (χ0v) is 14.8. The third kappa shape index (κ3) is 4.71. The molecule has 0 spiro atoms. The van der Waals surface area contributed by atoms with Crippen LogP contribution in [0.25, 0.3) is 11.1 Å². The van der Waals surface area contributed by atoms with Gasteiger partial charge in [0.2, 0.25) is 0 Å². The maximum atomic E-state index is 12.3. The van der Waals surface area contributed by atoms with Gasteiger partial charge in [-0.3, -0.25) is 4.79 Å². The average molecular weight is 351 g/mol.